The number of carbonyl (C=O) groups excluding carboxylic acids is 3. The molecule has 1 saturated heterocycles. The van der Waals surface area contributed by atoms with Crippen molar-refractivity contribution in [2.24, 2.45) is 0 Å². The average molecular weight is 299 g/mol. The van der Waals surface area contributed by atoms with Crippen LogP contribution in [0, 0.1) is 0 Å². The third-order valence-corrected chi connectivity index (χ3v) is 2.76. The third kappa shape index (κ3) is 3.39. The lowest BCUT2D eigenvalue weighted by molar-refractivity contribution is -0.124. The number of hydrogen-bond acceptors (Lipinski definition) is 4. The number of carbonyl (C=O) groups is 3. The van der Waals surface area contributed by atoms with Crippen molar-refractivity contribution in [3.63, 3.8) is 0 Å². The molecule has 0 atom stereocenters. The maximum atomic E-state index is 11.8. The first kappa shape index (κ1) is 15.8. The smallest absolute Gasteiger partial charge is 0.324 e. The van der Waals surface area contributed by atoms with Crippen LogP contribution in [0.5, 0.6) is 0 Å². The molecule has 1 heterocycles. The second-order valence-corrected chi connectivity index (χ2v) is 4.05. The predicted octanol–water partition coefficient (Wildman–Crippen LogP) is -0.0278. The summed E-state index contributed by atoms with van der Waals surface area (Å²) in [4.78, 5) is 35.4. The fraction of sp³-hybridized carbons (Fsp3) is 0.250. The molecule has 1 fully saturated rings. The molecule has 0 aliphatic carbocycles. The molecule has 1 aliphatic heterocycles. The number of anilines is 1. The zero-order valence-electron chi connectivity index (χ0n) is 10.6. The fourth-order valence-corrected chi connectivity index (χ4v) is 1.76. The fourth-order valence-electron chi connectivity index (χ4n) is 1.76. The van der Waals surface area contributed by atoms with Crippen LogP contribution in [-0.2, 0) is 4.79 Å². The van der Waals surface area contributed by atoms with Gasteiger partial charge in [0.05, 0.1) is 12.1 Å². The second kappa shape index (κ2) is 6.76. The first-order chi connectivity index (χ1) is 9.09. The minimum Gasteiger partial charge on any atom is -0.398 e. The van der Waals surface area contributed by atoms with Gasteiger partial charge in [0, 0.05) is 18.8 Å². The highest BCUT2D eigenvalue weighted by Gasteiger charge is 2.27. The van der Waals surface area contributed by atoms with Gasteiger partial charge in [0.15, 0.2) is 0 Å². The number of rotatable bonds is 4. The normalized spacial score (nSPS) is 13.7. The van der Waals surface area contributed by atoms with E-state index in [4.69, 9.17) is 5.73 Å². The van der Waals surface area contributed by atoms with Crippen molar-refractivity contribution in [3.05, 3.63) is 29.8 Å². The van der Waals surface area contributed by atoms with E-state index in [1.54, 1.807) is 24.3 Å². The van der Waals surface area contributed by atoms with Crippen molar-refractivity contribution >= 4 is 35.9 Å². The molecule has 2 rings (SSSR count). The maximum Gasteiger partial charge on any atom is 0.324 e. The van der Waals surface area contributed by atoms with Crippen molar-refractivity contribution in [3.8, 4) is 0 Å². The zero-order valence-corrected chi connectivity index (χ0v) is 11.4. The summed E-state index contributed by atoms with van der Waals surface area (Å²) >= 11 is 0. The van der Waals surface area contributed by atoms with Crippen molar-refractivity contribution in [1.29, 1.82) is 0 Å². The molecule has 0 bridgehead atoms. The molecule has 4 N–H and O–H groups in total. The molecular formula is C12H15ClN4O3. The SMILES string of the molecule is Cl.Nc1ccccc1C(=O)NCCN1C(=O)CNC1=O. The topological polar surface area (TPSA) is 105 Å². The van der Waals surface area contributed by atoms with Gasteiger partial charge in [0.2, 0.25) is 5.91 Å². The van der Waals surface area contributed by atoms with Gasteiger partial charge in [-0.25, -0.2) is 4.79 Å². The van der Waals surface area contributed by atoms with Crippen LogP contribution in [0.3, 0.4) is 0 Å². The lowest BCUT2D eigenvalue weighted by atomic mass is 10.1. The molecule has 8 heteroatoms. The summed E-state index contributed by atoms with van der Waals surface area (Å²) in [5.74, 6) is -0.622. The molecule has 7 nitrogen and oxygen atoms in total. The molecule has 0 aromatic heterocycles. The van der Waals surface area contributed by atoms with Crippen LogP contribution in [0.2, 0.25) is 0 Å². The Labute approximate surface area is 121 Å². The van der Waals surface area contributed by atoms with E-state index < -0.39 is 6.03 Å². The molecule has 1 aromatic carbocycles. The number of nitrogens with zero attached hydrogens (tertiary/aromatic N) is 1. The summed E-state index contributed by atoms with van der Waals surface area (Å²) in [6, 6.07) is 6.26. The summed E-state index contributed by atoms with van der Waals surface area (Å²) < 4.78 is 0. The number of hydrogen-bond donors (Lipinski definition) is 3. The quantitative estimate of drug-likeness (QED) is 0.536. The van der Waals surface area contributed by atoms with Crippen LogP contribution < -0.4 is 16.4 Å². The molecular weight excluding hydrogens is 284 g/mol. The van der Waals surface area contributed by atoms with E-state index in [9.17, 15) is 14.4 Å². The van der Waals surface area contributed by atoms with Crippen molar-refractivity contribution < 1.29 is 14.4 Å². The Balaban J connectivity index is 0.00000200. The highest BCUT2D eigenvalue weighted by atomic mass is 35.5. The van der Waals surface area contributed by atoms with Gasteiger partial charge in [-0.2, -0.15) is 0 Å². The number of nitrogen functional groups attached to an aromatic ring is 1. The Morgan fingerprint density at radius 2 is 2.05 bits per heavy atom. The van der Waals surface area contributed by atoms with Crippen molar-refractivity contribution in [1.82, 2.24) is 15.5 Å². The van der Waals surface area contributed by atoms with E-state index >= 15 is 0 Å². The number of para-hydroxylation sites is 1. The Hall–Kier alpha value is -2.28. The van der Waals surface area contributed by atoms with Gasteiger partial charge >= 0.3 is 6.03 Å². The second-order valence-electron chi connectivity index (χ2n) is 4.05. The van der Waals surface area contributed by atoms with Crippen LogP contribution in [0.15, 0.2) is 24.3 Å². The summed E-state index contributed by atoms with van der Waals surface area (Å²) in [7, 11) is 0. The monoisotopic (exact) mass is 298 g/mol. The summed E-state index contributed by atoms with van der Waals surface area (Å²) in [6.07, 6.45) is 0. The molecule has 0 saturated carbocycles. The van der Waals surface area contributed by atoms with Crippen LogP contribution in [0.25, 0.3) is 0 Å². The molecule has 4 amide bonds. The van der Waals surface area contributed by atoms with Gasteiger partial charge in [-0.05, 0) is 12.1 Å². The first-order valence-corrected chi connectivity index (χ1v) is 5.80. The molecule has 1 aromatic rings. The van der Waals surface area contributed by atoms with E-state index in [-0.39, 0.29) is 43.9 Å². The lowest BCUT2D eigenvalue weighted by Gasteiger charge is -2.13. The van der Waals surface area contributed by atoms with Gasteiger partial charge in [-0.15, -0.1) is 12.4 Å². The first-order valence-electron chi connectivity index (χ1n) is 5.80. The van der Waals surface area contributed by atoms with Crippen molar-refractivity contribution in [2.45, 2.75) is 0 Å². The van der Waals surface area contributed by atoms with Gasteiger partial charge in [-0.1, -0.05) is 12.1 Å². The number of urea groups is 1. The zero-order chi connectivity index (χ0) is 13.8. The number of amides is 4. The maximum absolute atomic E-state index is 11.8. The highest BCUT2D eigenvalue weighted by molar-refractivity contribution is 6.02. The van der Waals surface area contributed by atoms with Gasteiger partial charge < -0.3 is 16.4 Å². The predicted molar refractivity (Wildman–Crippen MR) is 75.5 cm³/mol. The summed E-state index contributed by atoms with van der Waals surface area (Å²) in [5.41, 5.74) is 6.43. The highest BCUT2D eigenvalue weighted by Crippen LogP contribution is 2.09. The average Bonchev–Trinajstić information content (AvgIpc) is 2.70. The van der Waals surface area contributed by atoms with E-state index in [0.29, 0.717) is 11.3 Å². The van der Waals surface area contributed by atoms with E-state index in [1.165, 1.54) is 0 Å². The number of imide groups is 1. The molecule has 0 radical (unpaired) electrons. The van der Waals surface area contributed by atoms with Crippen molar-refractivity contribution in [2.75, 3.05) is 25.4 Å². The Morgan fingerprint density at radius 3 is 2.65 bits per heavy atom. The Morgan fingerprint density at radius 1 is 1.35 bits per heavy atom. The Bertz CT molecular complexity index is 519. The summed E-state index contributed by atoms with van der Waals surface area (Å²) in [5, 5.41) is 5.02. The summed E-state index contributed by atoms with van der Waals surface area (Å²) in [6.45, 7) is 0.341. The number of halogens is 1. The van der Waals surface area contributed by atoms with E-state index in [1.807, 2.05) is 0 Å². The lowest BCUT2D eigenvalue weighted by Crippen LogP contribution is -2.38. The number of nitrogens with two attached hydrogens (primary N) is 1. The molecule has 1 aliphatic rings. The van der Waals surface area contributed by atoms with Crippen LogP contribution in [0.4, 0.5) is 10.5 Å². The number of nitrogens with one attached hydrogen (secondary N) is 2. The Kier molecular flexibility index (Phi) is 5.33. The third-order valence-electron chi connectivity index (χ3n) is 2.76. The molecule has 20 heavy (non-hydrogen) atoms. The molecule has 0 unspecified atom stereocenters. The minimum absolute atomic E-state index is 0. The van der Waals surface area contributed by atoms with Gasteiger partial charge in [0.1, 0.15) is 0 Å². The largest absolute Gasteiger partial charge is 0.398 e. The van der Waals surface area contributed by atoms with Crippen LogP contribution >= 0.6 is 12.4 Å². The number of benzene rings is 1. The van der Waals surface area contributed by atoms with Crippen LogP contribution in [-0.4, -0.2) is 42.4 Å². The van der Waals surface area contributed by atoms with Gasteiger partial charge in [-0.3, -0.25) is 14.5 Å². The standard InChI is InChI=1S/C12H14N4O3.ClH/c13-9-4-2-1-3-8(9)11(18)14-5-6-16-10(17)7-15-12(16)19;/h1-4H,5-7,13H2,(H,14,18)(H,15,19);1H. The molecule has 0 spiro atoms. The van der Waals surface area contributed by atoms with E-state index in [0.717, 1.165) is 4.90 Å². The van der Waals surface area contributed by atoms with Crippen LogP contribution in [0.1, 0.15) is 10.4 Å². The van der Waals surface area contributed by atoms with E-state index in [2.05, 4.69) is 10.6 Å². The van der Waals surface area contributed by atoms with Gasteiger partial charge in [0.25, 0.3) is 5.91 Å². The molecule has 108 valence electrons. The minimum atomic E-state index is -0.432.